The monoisotopic (exact) mass is 404 g/mol. The number of Topliss-reactive ketones (excluding diaryl/α,β-unsaturated/α-hetero) is 3. The molecule has 0 spiro atoms. The maximum atomic E-state index is 12.9. The van der Waals surface area contributed by atoms with E-state index in [-0.39, 0.29) is 0 Å². The summed E-state index contributed by atoms with van der Waals surface area (Å²) < 4.78 is 0. The second-order valence-corrected chi connectivity index (χ2v) is 7.66. The molecule has 0 aromatic rings. The van der Waals surface area contributed by atoms with Gasteiger partial charge >= 0.3 is 5.97 Å². The van der Waals surface area contributed by atoms with Crippen LogP contribution in [0.4, 0.5) is 0 Å². The van der Waals surface area contributed by atoms with E-state index in [1.807, 2.05) is 0 Å². The fourth-order valence-electron chi connectivity index (χ4n) is 2.98. The summed E-state index contributed by atoms with van der Waals surface area (Å²) >= 11 is 0. The Morgan fingerprint density at radius 3 is 1.36 bits per heavy atom. The first-order valence-electron chi connectivity index (χ1n) is 8.65. The van der Waals surface area contributed by atoms with Crippen LogP contribution in [0.3, 0.4) is 0 Å². The maximum absolute atomic E-state index is 12.9. The number of carbonyl (C=O) groups excluding carboxylic acids is 4. The van der Waals surface area contributed by atoms with Crippen LogP contribution in [-0.2, 0) is 24.0 Å². The second-order valence-electron chi connectivity index (χ2n) is 7.66. The summed E-state index contributed by atoms with van der Waals surface area (Å²) in [5, 5.41) is 52.3. The predicted molar refractivity (Wildman–Crippen MR) is 94.1 cm³/mol. The largest absolute Gasteiger partial charge is 0.479 e. The quantitative estimate of drug-likeness (QED) is 0.200. The van der Waals surface area contributed by atoms with E-state index in [0.29, 0.717) is 0 Å². The molecule has 0 saturated carbocycles. The van der Waals surface area contributed by atoms with Gasteiger partial charge < -0.3 is 25.5 Å². The molecule has 0 amide bonds. The van der Waals surface area contributed by atoms with Crippen LogP contribution in [0.1, 0.15) is 41.5 Å². The Balaban J connectivity index is 7.48. The molecule has 0 saturated heterocycles. The molecule has 0 aliphatic carbocycles. The third kappa shape index (κ3) is 3.64. The number of carboxylic acid groups (broad SMARTS) is 1. The topological polar surface area (TPSA) is 186 Å². The van der Waals surface area contributed by atoms with Crippen molar-refractivity contribution in [2.45, 2.75) is 64.4 Å². The fraction of sp³-hybridized carbons (Fsp3) is 0.722. The van der Waals surface area contributed by atoms with E-state index in [1.54, 1.807) is 0 Å². The van der Waals surface area contributed by atoms with Crippen LogP contribution in [-0.4, -0.2) is 78.0 Å². The van der Waals surface area contributed by atoms with Gasteiger partial charge in [-0.25, -0.2) is 4.79 Å². The normalized spacial score (nSPS) is 19.5. The van der Waals surface area contributed by atoms with Crippen molar-refractivity contribution in [2.75, 3.05) is 0 Å². The van der Waals surface area contributed by atoms with Gasteiger partial charge in [-0.15, -0.1) is 0 Å². The van der Waals surface area contributed by atoms with Crippen molar-refractivity contribution in [1.29, 1.82) is 0 Å². The molecule has 0 aromatic heterocycles. The number of hydrogen-bond donors (Lipinski definition) is 5. The van der Waals surface area contributed by atoms with Crippen LogP contribution >= 0.6 is 0 Å². The molecule has 4 atom stereocenters. The van der Waals surface area contributed by atoms with Gasteiger partial charge in [-0.2, -0.15) is 0 Å². The van der Waals surface area contributed by atoms with Crippen molar-refractivity contribution >= 4 is 29.6 Å². The molecule has 10 nitrogen and oxygen atoms in total. The van der Waals surface area contributed by atoms with E-state index in [9.17, 15) is 49.5 Å². The van der Waals surface area contributed by atoms with Gasteiger partial charge in [0.1, 0.15) is 0 Å². The summed E-state index contributed by atoms with van der Waals surface area (Å²) in [6, 6.07) is 0. The lowest BCUT2D eigenvalue weighted by atomic mass is 9.59. The highest BCUT2D eigenvalue weighted by Crippen LogP contribution is 2.41. The summed E-state index contributed by atoms with van der Waals surface area (Å²) in [6.45, 7) is 7.04. The first-order chi connectivity index (χ1) is 12.5. The summed E-state index contributed by atoms with van der Waals surface area (Å²) in [5.41, 5.74) is -11.6. The molecule has 0 aromatic carbocycles. The minimum Gasteiger partial charge on any atom is -0.479 e. The SMILES string of the molecule is CC(C)C(=O)[C@@](O)([C@@](O)(C=O)C(=O)C(C)C)[C@@](O)(C(=O)C(C)C)[C@H](O)C(=O)O. The molecule has 0 rings (SSSR count). The molecule has 28 heavy (non-hydrogen) atoms. The zero-order valence-corrected chi connectivity index (χ0v) is 16.7. The zero-order valence-electron chi connectivity index (χ0n) is 16.7. The number of aliphatic carboxylic acids is 1. The van der Waals surface area contributed by atoms with Crippen LogP contribution in [0.25, 0.3) is 0 Å². The Hall–Kier alpha value is -2.01. The van der Waals surface area contributed by atoms with Crippen LogP contribution in [0.15, 0.2) is 0 Å². The van der Waals surface area contributed by atoms with E-state index < -0.39 is 70.3 Å². The number of ketones is 3. The van der Waals surface area contributed by atoms with Crippen LogP contribution in [0.5, 0.6) is 0 Å². The molecule has 0 aliphatic heterocycles. The highest BCUT2D eigenvalue weighted by molar-refractivity contribution is 6.15. The summed E-state index contributed by atoms with van der Waals surface area (Å²) in [5.74, 6) is -10.5. The lowest BCUT2D eigenvalue weighted by molar-refractivity contribution is -0.247. The van der Waals surface area contributed by atoms with Gasteiger partial charge in [0, 0.05) is 17.8 Å². The molecule has 0 fully saturated rings. The number of aliphatic hydroxyl groups is 4. The zero-order chi connectivity index (χ0) is 22.8. The van der Waals surface area contributed by atoms with Crippen LogP contribution < -0.4 is 0 Å². The van der Waals surface area contributed by atoms with Gasteiger partial charge in [0.25, 0.3) is 0 Å². The predicted octanol–water partition coefficient (Wildman–Crippen LogP) is -1.50. The van der Waals surface area contributed by atoms with Gasteiger partial charge in [0.05, 0.1) is 0 Å². The highest BCUT2D eigenvalue weighted by atomic mass is 16.4. The Kier molecular flexibility index (Phi) is 7.95. The number of aldehydes is 1. The standard InChI is InChI=1S/C18H28O10/c1-8(2)11(20)16(26,7-19)18(28,13(22)10(5)6)17(27,12(21)9(3)4)14(23)15(24)25/h7-10,14,23,26-28H,1-6H3,(H,24,25)/t14-,16-,17-,18-/m1/s1. The number of hydrogen-bond acceptors (Lipinski definition) is 9. The highest BCUT2D eigenvalue weighted by Gasteiger charge is 2.75. The number of carbonyl (C=O) groups is 5. The van der Waals surface area contributed by atoms with Gasteiger partial charge in [0.2, 0.25) is 11.2 Å². The van der Waals surface area contributed by atoms with Crippen molar-refractivity contribution in [3.05, 3.63) is 0 Å². The molecule has 0 unspecified atom stereocenters. The first-order valence-corrected chi connectivity index (χ1v) is 8.65. The van der Waals surface area contributed by atoms with Gasteiger partial charge in [-0.3, -0.25) is 19.2 Å². The molecule has 0 bridgehead atoms. The van der Waals surface area contributed by atoms with Crippen molar-refractivity contribution in [2.24, 2.45) is 17.8 Å². The smallest absolute Gasteiger partial charge is 0.336 e. The number of rotatable bonds is 11. The van der Waals surface area contributed by atoms with Gasteiger partial charge in [-0.1, -0.05) is 41.5 Å². The molecule has 160 valence electrons. The van der Waals surface area contributed by atoms with E-state index in [0.717, 1.165) is 27.7 Å². The van der Waals surface area contributed by atoms with E-state index in [2.05, 4.69) is 0 Å². The molecule has 5 N–H and O–H groups in total. The molecular weight excluding hydrogens is 376 g/mol. The van der Waals surface area contributed by atoms with E-state index in [1.165, 1.54) is 13.8 Å². The summed E-state index contributed by atoms with van der Waals surface area (Å²) in [6.07, 6.45) is -3.68. The maximum Gasteiger partial charge on any atom is 0.336 e. The number of carboxylic acids is 1. The summed E-state index contributed by atoms with van der Waals surface area (Å²) in [7, 11) is 0. The fourth-order valence-corrected chi connectivity index (χ4v) is 2.98. The average Bonchev–Trinajstić information content (AvgIpc) is 2.62. The Morgan fingerprint density at radius 2 is 1.11 bits per heavy atom. The Labute approximate surface area is 162 Å². The Morgan fingerprint density at radius 1 is 0.750 bits per heavy atom. The lowest BCUT2D eigenvalue weighted by Crippen LogP contribution is -2.82. The number of aliphatic hydroxyl groups excluding tert-OH is 1. The third-order valence-corrected chi connectivity index (χ3v) is 4.58. The van der Waals surface area contributed by atoms with Crippen LogP contribution in [0.2, 0.25) is 0 Å². The average molecular weight is 404 g/mol. The Bertz CT molecular complexity index is 667. The first kappa shape index (κ1) is 26.0. The second kappa shape index (κ2) is 8.56. The van der Waals surface area contributed by atoms with Crippen molar-refractivity contribution in [1.82, 2.24) is 0 Å². The van der Waals surface area contributed by atoms with E-state index in [4.69, 9.17) is 0 Å². The summed E-state index contributed by atoms with van der Waals surface area (Å²) in [4.78, 5) is 61.3. The van der Waals surface area contributed by atoms with Crippen LogP contribution in [0, 0.1) is 17.8 Å². The van der Waals surface area contributed by atoms with Crippen molar-refractivity contribution < 1.29 is 49.5 Å². The van der Waals surface area contributed by atoms with Gasteiger partial charge in [-0.05, 0) is 0 Å². The molecule has 10 heteroatoms. The van der Waals surface area contributed by atoms with E-state index >= 15 is 0 Å². The third-order valence-electron chi connectivity index (χ3n) is 4.58. The van der Waals surface area contributed by atoms with Crippen molar-refractivity contribution in [3.8, 4) is 0 Å². The van der Waals surface area contributed by atoms with Crippen molar-refractivity contribution in [3.63, 3.8) is 0 Å². The lowest BCUT2D eigenvalue weighted by Gasteiger charge is -2.49. The molecular formula is C18H28O10. The minimum atomic E-state index is -3.98. The molecule has 0 heterocycles. The molecule has 0 radical (unpaired) electrons. The molecule has 0 aliphatic rings. The minimum absolute atomic E-state index is 0.539. The van der Waals surface area contributed by atoms with Gasteiger partial charge in [0.15, 0.2) is 35.3 Å².